The Morgan fingerprint density at radius 1 is 1.06 bits per heavy atom. The number of rotatable bonds is 3. The number of hydrogen-bond acceptors (Lipinski definition) is 1. The van der Waals surface area contributed by atoms with Crippen molar-refractivity contribution >= 4 is 31.9 Å². The third kappa shape index (κ3) is 3.19. The van der Waals surface area contributed by atoms with Crippen molar-refractivity contribution in [1.82, 2.24) is 0 Å². The Morgan fingerprint density at radius 2 is 1.78 bits per heavy atom. The maximum atomic E-state index is 13.0. The largest absolute Gasteiger partial charge is 0.388 e. The summed E-state index contributed by atoms with van der Waals surface area (Å²) < 4.78 is 14.5. The lowest BCUT2D eigenvalue weighted by molar-refractivity contribution is 0.177. The highest BCUT2D eigenvalue weighted by Gasteiger charge is 2.13. The normalized spacial score (nSPS) is 12.4. The van der Waals surface area contributed by atoms with Crippen LogP contribution in [0.2, 0.25) is 0 Å². The molecule has 1 atom stereocenters. The fraction of sp³-hybridized carbons (Fsp3) is 0.143. The average Bonchev–Trinajstić information content (AvgIpc) is 2.33. The number of aliphatic hydroxyl groups is 1. The maximum absolute atomic E-state index is 13.0. The zero-order chi connectivity index (χ0) is 13.1. The van der Waals surface area contributed by atoms with E-state index in [0.29, 0.717) is 10.9 Å². The van der Waals surface area contributed by atoms with Crippen LogP contribution in [0.15, 0.2) is 51.4 Å². The van der Waals surface area contributed by atoms with E-state index >= 15 is 0 Å². The minimum Gasteiger partial charge on any atom is -0.388 e. The number of aliphatic hydroxyl groups excluding tert-OH is 1. The van der Waals surface area contributed by atoms with Gasteiger partial charge in [-0.05, 0) is 29.3 Å². The Balaban J connectivity index is 2.21. The summed E-state index contributed by atoms with van der Waals surface area (Å²) in [4.78, 5) is 0. The molecule has 0 aliphatic rings. The Hall–Kier alpha value is -0.710. The Labute approximate surface area is 122 Å². The van der Waals surface area contributed by atoms with Crippen LogP contribution >= 0.6 is 31.9 Å². The third-order valence-electron chi connectivity index (χ3n) is 2.69. The van der Waals surface area contributed by atoms with E-state index < -0.39 is 6.10 Å². The van der Waals surface area contributed by atoms with Crippen molar-refractivity contribution in [3.63, 3.8) is 0 Å². The molecule has 1 N–H and O–H groups in total. The number of halogens is 3. The molecule has 0 aromatic heterocycles. The molecular formula is C14H11Br2FO. The highest BCUT2D eigenvalue weighted by atomic mass is 79.9. The Morgan fingerprint density at radius 3 is 2.44 bits per heavy atom. The van der Waals surface area contributed by atoms with Crippen LogP contribution in [0.25, 0.3) is 0 Å². The van der Waals surface area contributed by atoms with Crippen molar-refractivity contribution in [1.29, 1.82) is 0 Å². The van der Waals surface area contributed by atoms with Crippen LogP contribution in [0, 0.1) is 5.82 Å². The quantitative estimate of drug-likeness (QED) is 0.831. The molecule has 0 radical (unpaired) electrons. The molecule has 0 heterocycles. The van der Waals surface area contributed by atoms with E-state index in [-0.39, 0.29) is 5.82 Å². The molecule has 0 fully saturated rings. The first-order valence-electron chi connectivity index (χ1n) is 5.44. The van der Waals surface area contributed by atoms with Crippen LogP contribution in [-0.2, 0) is 6.42 Å². The SMILES string of the molecule is OC(Cc1ccc(F)cc1Br)c1ccccc1Br. The van der Waals surface area contributed by atoms with Crippen LogP contribution < -0.4 is 0 Å². The summed E-state index contributed by atoms with van der Waals surface area (Å²) in [5, 5.41) is 10.2. The van der Waals surface area contributed by atoms with Gasteiger partial charge in [0.1, 0.15) is 5.82 Å². The topological polar surface area (TPSA) is 20.2 Å². The molecule has 2 aromatic carbocycles. The first-order chi connectivity index (χ1) is 8.58. The van der Waals surface area contributed by atoms with E-state index in [1.807, 2.05) is 24.3 Å². The summed E-state index contributed by atoms with van der Waals surface area (Å²) in [6, 6.07) is 12.0. The average molecular weight is 374 g/mol. The van der Waals surface area contributed by atoms with Crippen molar-refractivity contribution in [3.8, 4) is 0 Å². The van der Waals surface area contributed by atoms with Crippen molar-refractivity contribution in [2.24, 2.45) is 0 Å². The van der Waals surface area contributed by atoms with Crippen LogP contribution in [-0.4, -0.2) is 5.11 Å². The molecule has 2 rings (SSSR count). The minimum absolute atomic E-state index is 0.291. The zero-order valence-corrected chi connectivity index (χ0v) is 12.6. The van der Waals surface area contributed by atoms with E-state index in [0.717, 1.165) is 15.6 Å². The highest BCUT2D eigenvalue weighted by Crippen LogP contribution is 2.28. The molecule has 0 saturated carbocycles. The van der Waals surface area contributed by atoms with Gasteiger partial charge in [0.15, 0.2) is 0 Å². The standard InChI is InChI=1S/C14H11Br2FO/c15-12-4-2-1-3-11(12)14(18)7-9-5-6-10(17)8-13(9)16/h1-6,8,14,18H,7H2. The predicted octanol–water partition coefficient (Wildman–Crippen LogP) is 4.63. The number of hydrogen-bond donors (Lipinski definition) is 1. The second-order valence-electron chi connectivity index (χ2n) is 3.98. The van der Waals surface area contributed by atoms with E-state index in [1.54, 1.807) is 6.07 Å². The second-order valence-corrected chi connectivity index (χ2v) is 5.69. The second kappa shape index (κ2) is 5.95. The monoisotopic (exact) mass is 372 g/mol. The molecule has 0 aliphatic heterocycles. The van der Waals surface area contributed by atoms with E-state index in [4.69, 9.17) is 0 Å². The van der Waals surface area contributed by atoms with E-state index in [2.05, 4.69) is 31.9 Å². The van der Waals surface area contributed by atoms with Gasteiger partial charge < -0.3 is 5.11 Å². The fourth-order valence-corrected chi connectivity index (χ4v) is 2.81. The molecule has 0 amide bonds. The van der Waals surface area contributed by atoms with Crippen LogP contribution in [0.4, 0.5) is 4.39 Å². The lowest BCUT2D eigenvalue weighted by Gasteiger charge is -2.14. The molecule has 94 valence electrons. The predicted molar refractivity (Wildman–Crippen MR) is 76.9 cm³/mol. The summed E-state index contributed by atoms with van der Waals surface area (Å²) >= 11 is 6.71. The fourth-order valence-electron chi connectivity index (χ4n) is 1.75. The van der Waals surface area contributed by atoms with Gasteiger partial charge >= 0.3 is 0 Å². The van der Waals surface area contributed by atoms with Gasteiger partial charge in [-0.25, -0.2) is 4.39 Å². The molecule has 0 spiro atoms. The van der Waals surface area contributed by atoms with Gasteiger partial charge in [0.05, 0.1) is 6.10 Å². The molecule has 18 heavy (non-hydrogen) atoms. The Kier molecular flexibility index (Phi) is 4.54. The van der Waals surface area contributed by atoms with Gasteiger partial charge in [0.2, 0.25) is 0 Å². The molecular weight excluding hydrogens is 363 g/mol. The molecule has 1 unspecified atom stereocenters. The third-order valence-corrected chi connectivity index (χ3v) is 4.15. The van der Waals surface area contributed by atoms with Crippen LogP contribution in [0.5, 0.6) is 0 Å². The van der Waals surface area contributed by atoms with Crippen molar-refractivity contribution in [3.05, 3.63) is 68.4 Å². The lowest BCUT2D eigenvalue weighted by atomic mass is 10.0. The van der Waals surface area contributed by atoms with Gasteiger partial charge in [-0.2, -0.15) is 0 Å². The van der Waals surface area contributed by atoms with Crippen molar-refractivity contribution in [2.75, 3.05) is 0 Å². The van der Waals surface area contributed by atoms with Crippen molar-refractivity contribution < 1.29 is 9.50 Å². The summed E-state index contributed by atoms with van der Waals surface area (Å²) in [6.07, 6.45) is -0.189. The molecule has 0 aliphatic carbocycles. The summed E-state index contributed by atoms with van der Waals surface area (Å²) in [6.45, 7) is 0. The molecule has 0 bridgehead atoms. The summed E-state index contributed by atoms with van der Waals surface area (Å²) in [5.74, 6) is -0.291. The van der Waals surface area contributed by atoms with E-state index in [9.17, 15) is 9.50 Å². The summed E-state index contributed by atoms with van der Waals surface area (Å²) in [5.41, 5.74) is 1.70. The van der Waals surface area contributed by atoms with Gasteiger partial charge in [-0.3, -0.25) is 0 Å². The maximum Gasteiger partial charge on any atom is 0.124 e. The van der Waals surface area contributed by atoms with Gasteiger partial charge in [0, 0.05) is 15.4 Å². The molecule has 1 nitrogen and oxygen atoms in total. The van der Waals surface area contributed by atoms with Crippen molar-refractivity contribution in [2.45, 2.75) is 12.5 Å². The smallest absolute Gasteiger partial charge is 0.124 e. The molecule has 0 saturated heterocycles. The molecule has 4 heteroatoms. The highest BCUT2D eigenvalue weighted by molar-refractivity contribution is 9.10. The van der Waals surface area contributed by atoms with E-state index in [1.165, 1.54) is 12.1 Å². The lowest BCUT2D eigenvalue weighted by Crippen LogP contribution is -2.03. The Bertz CT molecular complexity index is 557. The van der Waals surface area contributed by atoms with Crippen LogP contribution in [0.1, 0.15) is 17.2 Å². The first-order valence-corrected chi connectivity index (χ1v) is 7.03. The van der Waals surface area contributed by atoms with Gasteiger partial charge in [0.25, 0.3) is 0 Å². The zero-order valence-electron chi connectivity index (χ0n) is 9.41. The summed E-state index contributed by atoms with van der Waals surface area (Å²) in [7, 11) is 0. The van der Waals surface area contributed by atoms with Gasteiger partial charge in [-0.15, -0.1) is 0 Å². The van der Waals surface area contributed by atoms with Crippen LogP contribution in [0.3, 0.4) is 0 Å². The molecule has 2 aromatic rings. The van der Waals surface area contributed by atoms with Gasteiger partial charge in [-0.1, -0.05) is 56.1 Å². The minimum atomic E-state index is -0.623. The number of benzene rings is 2. The first kappa shape index (κ1) is 13.7.